The Hall–Kier alpha value is -0.790. The van der Waals surface area contributed by atoms with E-state index >= 15 is 0 Å². The molecule has 94 valence electrons. The van der Waals surface area contributed by atoms with Crippen LogP contribution in [0.4, 0.5) is 0 Å². The van der Waals surface area contributed by atoms with Crippen molar-refractivity contribution in [2.24, 2.45) is 0 Å². The summed E-state index contributed by atoms with van der Waals surface area (Å²) in [6.07, 6.45) is 6.76. The van der Waals surface area contributed by atoms with Gasteiger partial charge in [0.1, 0.15) is 0 Å². The third-order valence-electron chi connectivity index (χ3n) is 2.78. The summed E-state index contributed by atoms with van der Waals surface area (Å²) in [5, 5.41) is 0. The van der Waals surface area contributed by atoms with E-state index < -0.39 is 0 Å². The highest BCUT2D eigenvalue weighted by Crippen LogP contribution is 2.20. The van der Waals surface area contributed by atoms with Crippen LogP contribution in [0.15, 0.2) is 11.1 Å². The lowest BCUT2D eigenvalue weighted by atomic mass is 9.98. The lowest BCUT2D eigenvalue weighted by Crippen LogP contribution is -2.08. The van der Waals surface area contributed by atoms with Crippen LogP contribution in [0, 0.1) is 0 Å². The quantitative estimate of drug-likeness (QED) is 0.457. The van der Waals surface area contributed by atoms with Crippen molar-refractivity contribution in [2.45, 2.75) is 66.2 Å². The van der Waals surface area contributed by atoms with Crippen LogP contribution in [-0.4, -0.2) is 12.6 Å². The van der Waals surface area contributed by atoms with E-state index in [1.54, 1.807) is 0 Å². The highest BCUT2D eigenvalue weighted by molar-refractivity contribution is 5.88. The highest BCUT2D eigenvalue weighted by Gasteiger charge is 2.10. The Morgan fingerprint density at radius 1 is 1.00 bits per heavy atom. The van der Waals surface area contributed by atoms with Gasteiger partial charge in [0.2, 0.25) is 0 Å². The van der Waals surface area contributed by atoms with Crippen LogP contribution in [0.25, 0.3) is 0 Å². The van der Waals surface area contributed by atoms with E-state index in [-0.39, 0.29) is 5.97 Å². The van der Waals surface area contributed by atoms with E-state index in [1.807, 2.05) is 13.8 Å². The molecule has 16 heavy (non-hydrogen) atoms. The van der Waals surface area contributed by atoms with E-state index in [0.717, 1.165) is 31.3 Å². The summed E-state index contributed by atoms with van der Waals surface area (Å²) in [5.41, 5.74) is 2.13. The van der Waals surface area contributed by atoms with Gasteiger partial charge in [0.15, 0.2) is 0 Å². The minimum Gasteiger partial charge on any atom is -0.463 e. The summed E-state index contributed by atoms with van der Waals surface area (Å²) >= 11 is 0. The van der Waals surface area contributed by atoms with Crippen molar-refractivity contribution < 1.29 is 9.53 Å². The summed E-state index contributed by atoms with van der Waals surface area (Å²) in [5.74, 6) is -0.135. The van der Waals surface area contributed by atoms with E-state index in [4.69, 9.17) is 4.74 Å². The first-order chi connectivity index (χ1) is 7.67. The molecular weight excluding hydrogens is 200 g/mol. The maximum Gasteiger partial charge on any atom is 0.333 e. The van der Waals surface area contributed by atoms with Crippen LogP contribution in [-0.2, 0) is 9.53 Å². The molecule has 0 atom stereocenters. The standard InChI is InChI=1S/C14H26O2/c1-5-8-10-13(11-9-6-2)12(4)14(15)16-7-3/h5-11H2,1-4H3. The maximum atomic E-state index is 11.6. The molecule has 0 aromatic carbocycles. The molecule has 0 amide bonds. The highest BCUT2D eigenvalue weighted by atomic mass is 16.5. The molecule has 0 aliphatic carbocycles. The number of rotatable bonds is 8. The molecule has 0 saturated carbocycles. The lowest BCUT2D eigenvalue weighted by Gasteiger charge is -2.11. The molecule has 0 heterocycles. The van der Waals surface area contributed by atoms with Crippen molar-refractivity contribution in [3.05, 3.63) is 11.1 Å². The molecule has 0 N–H and O–H groups in total. The van der Waals surface area contributed by atoms with Gasteiger partial charge in [0.05, 0.1) is 6.61 Å². The van der Waals surface area contributed by atoms with Gasteiger partial charge in [-0.15, -0.1) is 0 Å². The number of hydrogen-bond donors (Lipinski definition) is 0. The fourth-order valence-electron chi connectivity index (χ4n) is 1.66. The molecule has 0 aliphatic rings. The van der Waals surface area contributed by atoms with Crippen molar-refractivity contribution in [3.63, 3.8) is 0 Å². The maximum absolute atomic E-state index is 11.6. The zero-order valence-electron chi connectivity index (χ0n) is 11.3. The van der Waals surface area contributed by atoms with Gasteiger partial charge in [-0.05, 0) is 39.5 Å². The molecule has 0 aliphatic heterocycles. The number of carbonyl (C=O) groups is 1. The first-order valence-corrected chi connectivity index (χ1v) is 6.53. The van der Waals surface area contributed by atoms with Gasteiger partial charge >= 0.3 is 5.97 Å². The van der Waals surface area contributed by atoms with E-state index in [2.05, 4.69) is 13.8 Å². The third-order valence-corrected chi connectivity index (χ3v) is 2.78. The number of esters is 1. The predicted octanol–water partition coefficient (Wildman–Crippen LogP) is 4.25. The Morgan fingerprint density at radius 3 is 1.88 bits per heavy atom. The van der Waals surface area contributed by atoms with Gasteiger partial charge in [0.25, 0.3) is 0 Å². The third kappa shape index (κ3) is 5.94. The van der Waals surface area contributed by atoms with Crippen molar-refractivity contribution in [3.8, 4) is 0 Å². The van der Waals surface area contributed by atoms with Crippen LogP contribution in [0.2, 0.25) is 0 Å². The lowest BCUT2D eigenvalue weighted by molar-refractivity contribution is -0.138. The monoisotopic (exact) mass is 226 g/mol. The summed E-state index contributed by atoms with van der Waals surface area (Å²) in [7, 11) is 0. The minimum atomic E-state index is -0.135. The second kappa shape index (κ2) is 9.44. The largest absolute Gasteiger partial charge is 0.463 e. The van der Waals surface area contributed by atoms with Crippen LogP contribution < -0.4 is 0 Å². The van der Waals surface area contributed by atoms with Gasteiger partial charge in [0, 0.05) is 5.57 Å². The molecule has 2 heteroatoms. The minimum absolute atomic E-state index is 0.135. The molecule has 2 nitrogen and oxygen atoms in total. The molecule has 0 spiro atoms. The van der Waals surface area contributed by atoms with Crippen LogP contribution in [0.3, 0.4) is 0 Å². The number of unbranched alkanes of at least 4 members (excludes halogenated alkanes) is 2. The molecule has 0 bridgehead atoms. The first-order valence-electron chi connectivity index (χ1n) is 6.53. The molecule has 0 rings (SSSR count). The van der Waals surface area contributed by atoms with Gasteiger partial charge in [-0.1, -0.05) is 32.3 Å². The Labute approximate surface area is 100 Å². The molecule has 0 aromatic heterocycles. The van der Waals surface area contributed by atoms with Gasteiger partial charge in [-0.3, -0.25) is 0 Å². The van der Waals surface area contributed by atoms with E-state index in [9.17, 15) is 4.79 Å². The van der Waals surface area contributed by atoms with Crippen molar-refractivity contribution in [1.29, 1.82) is 0 Å². The number of hydrogen-bond acceptors (Lipinski definition) is 2. The SMILES string of the molecule is CCCCC(CCCC)=C(C)C(=O)OCC. The van der Waals surface area contributed by atoms with Crippen molar-refractivity contribution >= 4 is 5.97 Å². The summed E-state index contributed by atoms with van der Waals surface area (Å²) in [6.45, 7) is 8.57. The van der Waals surface area contributed by atoms with Gasteiger partial charge in [-0.25, -0.2) is 4.79 Å². The smallest absolute Gasteiger partial charge is 0.333 e. The fraction of sp³-hybridized carbons (Fsp3) is 0.786. The number of allylic oxidation sites excluding steroid dienone is 1. The van der Waals surface area contributed by atoms with Crippen LogP contribution >= 0.6 is 0 Å². The van der Waals surface area contributed by atoms with Crippen molar-refractivity contribution in [2.75, 3.05) is 6.61 Å². The molecule has 0 unspecified atom stereocenters. The van der Waals surface area contributed by atoms with Gasteiger partial charge < -0.3 is 4.74 Å². The molecule has 0 fully saturated rings. The van der Waals surface area contributed by atoms with Crippen molar-refractivity contribution in [1.82, 2.24) is 0 Å². The van der Waals surface area contributed by atoms with Crippen LogP contribution in [0.1, 0.15) is 66.2 Å². The zero-order chi connectivity index (χ0) is 12.4. The Bertz CT molecular complexity index is 219. The topological polar surface area (TPSA) is 26.3 Å². The van der Waals surface area contributed by atoms with E-state index in [1.165, 1.54) is 18.4 Å². The molecule has 0 aromatic rings. The van der Waals surface area contributed by atoms with E-state index in [0.29, 0.717) is 6.61 Å². The summed E-state index contributed by atoms with van der Waals surface area (Å²) in [4.78, 5) is 11.6. The average Bonchev–Trinajstić information content (AvgIpc) is 2.29. The fourth-order valence-corrected chi connectivity index (χ4v) is 1.66. The van der Waals surface area contributed by atoms with Crippen LogP contribution in [0.5, 0.6) is 0 Å². The zero-order valence-corrected chi connectivity index (χ0v) is 11.3. The molecule has 0 radical (unpaired) electrons. The second-order valence-electron chi connectivity index (χ2n) is 4.16. The second-order valence-corrected chi connectivity index (χ2v) is 4.16. The first kappa shape index (κ1) is 15.2. The Balaban J connectivity index is 4.52. The summed E-state index contributed by atoms with van der Waals surface area (Å²) in [6, 6.07) is 0. The average molecular weight is 226 g/mol. The normalized spacial score (nSPS) is 10.0. The molecule has 0 saturated heterocycles. The summed E-state index contributed by atoms with van der Waals surface area (Å²) < 4.78 is 5.05. The van der Waals surface area contributed by atoms with Gasteiger partial charge in [-0.2, -0.15) is 0 Å². The Morgan fingerprint density at radius 2 is 1.50 bits per heavy atom. The predicted molar refractivity (Wildman–Crippen MR) is 68.4 cm³/mol. The number of ether oxygens (including phenoxy) is 1. The molecular formula is C14H26O2. The Kier molecular flexibility index (Phi) is 8.97. The number of carbonyl (C=O) groups excluding carboxylic acids is 1.